The first-order chi connectivity index (χ1) is 8.27. The lowest BCUT2D eigenvalue weighted by molar-refractivity contribution is -0.136. The maximum atomic E-state index is 11.9. The molecule has 1 amide bonds. The first-order valence-electron chi connectivity index (χ1n) is 6.84. The van der Waals surface area contributed by atoms with E-state index in [1.165, 1.54) is 12.8 Å². The highest BCUT2D eigenvalue weighted by molar-refractivity contribution is 5.77. The molecule has 1 aliphatic heterocycles. The van der Waals surface area contributed by atoms with Crippen LogP contribution in [0.5, 0.6) is 0 Å². The van der Waals surface area contributed by atoms with E-state index in [-0.39, 0.29) is 12.5 Å². The van der Waals surface area contributed by atoms with E-state index >= 15 is 0 Å². The minimum atomic E-state index is 0.138. The Labute approximate surface area is 105 Å². The summed E-state index contributed by atoms with van der Waals surface area (Å²) in [7, 11) is 0. The maximum absolute atomic E-state index is 11.9. The zero-order valence-electron chi connectivity index (χ0n) is 11.2. The number of rotatable bonds is 7. The van der Waals surface area contributed by atoms with Crippen molar-refractivity contribution in [3.05, 3.63) is 0 Å². The molecule has 0 aromatic carbocycles. The third-order valence-corrected chi connectivity index (χ3v) is 3.15. The summed E-state index contributed by atoms with van der Waals surface area (Å²) in [5.74, 6) is 0.750. The standard InChI is InChI=1S/C13H26N2O2/c1-3-8-15(13(16)11-17-4-2)10-12-6-5-7-14-9-12/h12,14H,3-11H2,1-2H3. The molecule has 1 atom stereocenters. The Bertz CT molecular complexity index is 215. The topological polar surface area (TPSA) is 41.6 Å². The van der Waals surface area contributed by atoms with Crippen LogP contribution in [0.4, 0.5) is 0 Å². The number of carbonyl (C=O) groups is 1. The minimum Gasteiger partial charge on any atom is -0.372 e. The van der Waals surface area contributed by atoms with Crippen LogP contribution in [0.15, 0.2) is 0 Å². The summed E-state index contributed by atoms with van der Waals surface area (Å²) in [5, 5.41) is 3.40. The monoisotopic (exact) mass is 242 g/mol. The van der Waals surface area contributed by atoms with Crippen molar-refractivity contribution >= 4 is 5.91 Å². The van der Waals surface area contributed by atoms with Crippen LogP contribution in [0.25, 0.3) is 0 Å². The van der Waals surface area contributed by atoms with Crippen molar-refractivity contribution in [3.63, 3.8) is 0 Å². The second-order valence-electron chi connectivity index (χ2n) is 4.69. The van der Waals surface area contributed by atoms with E-state index in [9.17, 15) is 4.79 Å². The SMILES string of the molecule is CCCN(CC1CCCNC1)C(=O)COCC. The molecular formula is C13H26N2O2. The van der Waals surface area contributed by atoms with Crippen molar-refractivity contribution < 1.29 is 9.53 Å². The molecule has 1 heterocycles. The fraction of sp³-hybridized carbons (Fsp3) is 0.923. The summed E-state index contributed by atoms with van der Waals surface area (Å²) in [6.45, 7) is 8.77. The highest BCUT2D eigenvalue weighted by Gasteiger charge is 2.19. The molecule has 1 aliphatic rings. The first kappa shape index (κ1) is 14.5. The van der Waals surface area contributed by atoms with E-state index in [2.05, 4.69) is 12.2 Å². The highest BCUT2D eigenvalue weighted by Crippen LogP contribution is 2.12. The van der Waals surface area contributed by atoms with E-state index in [0.717, 1.165) is 32.6 Å². The molecule has 4 heteroatoms. The normalized spacial score (nSPS) is 20.2. The predicted molar refractivity (Wildman–Crippen MR) is 69.0 cm³/mol. The van der Waals surface area contributed by atoms with E-state index in [0.29, 0.717) is 12.5 Å². The molecule has 1 unspecified atom stereocenters. The van der Waals surface area contributed by atoms with Crippen molar-refractivity contribution in [3.8, 4) is 0 Å². The van der Waals surface area contributed by atoms with Gasteiger partial charge in [-0.3, -0.25) is 4.79 Å². The van der Waals surface area contributed by atoms with E-state index < -0.39 is 0 Å². The van der Waals surface area contributed by atoms with Gasteiger partial charge in [0.15, 0.2) is 0 Å². The van der Waals surface area contributed by atoms with Gasteiger partial charge in [-0.25, -0.2) is 0 Å². The summed E-state index contributed by atoms with van der Waals surface area (Å²) < 4.78 is 5.20. The largest absolute Gasteiger partial charge is 0.372 e. The molecule has 17 heavy (non-hydrogen) atoms. The van der Waals surface area contributed by atoms with Crippen LogP contribution in [0.2, 0.25) is 0 Å². The Morgan fingerprint density at radius 2 is 2.29 bits per heavy atom. The van der Waals surface area contributed by atoms with Gasteiger partial charge in [0, 0.05) is 19.7 Å². The summed E-state index contributed by atoms with van der Waals surface area (Å²) >= 11 is 0. The third kappa shape index (κ3) is 5.50. The number of nitrogens with one attached hydrogen (secondary N) is 1. The van der Waals surface area contributed by atoms with Crippen LogP contribution in [-0.2, 0) is 9.53 Å². The molecule has 0 aromatic heterocycles. The van der Waals surface area contributed by atoms with Crippen molar-refractivity contribution in [2.45, 2.75) is 33.1 Å². The first-order valence-corrected chi connectivity index (χ1v) is 6.84. The van der Waals surface area contributed by atoms with Gasteiger partial charge in [-0.1, -0.05) is 6.92 Å². The van der Waals surface area contributed by atoms with E-state index in [4.69, 9.17) is 4.74 Å². The molecule has 100 valence electrons. The van der Waals surface area contributed by atoms with Crippen LogP contribution in [-0.4, -0.2) is 50.2 Å². The lowest BCUT2D eigenvalue weighted by atomic mass is 9.99. The number of ether oxygens (including phenoxy) is 1. The summed E-state index contributed by atoms with van der Waals surface area (Å²) in [4.78, 5) is 13.9. The van der Waals surface area contributed by atoms with Crippen molar-refractivity contribution in [2.24, 2.45) is 5.92 Å². The Kier molecular flexibility index (Phi) is 7.21. The number of hydrogen-bond donors (Lipinski definition) is 1. The summed E-state index contributed by atoms with van der Waals surface area (Å²) in [5.41, 5.74) is 0. The predicted octanol–water partition coefficient (Wildman–Crippen LogP) is 1.26. The quantitative estimate of drug-likeness (QED) is 0.731. The molecule has 1 N–H and O–H groups in total. The zero-order valence-corrected chi connectivity index (χ0v) is 11.2. The highest BCUT2D eigenvalue weighted by atomic mass is 16.5. The average Bonchev–Trinajstić information content (AvgIpc) is 2.36. The van der Waals surface area contributed by atoms with Gasteiger partial charge in [0.25, 0.3) is 0 Å². The van der Waals surface area contributed by atoms with Gasteiger partial charge in [-0.05, 0) is 45.2 Å². The Balaban J connectivity index is 2.37. The molecule has 1 rings (SSSR count). The molecule has 0 bridgehead atoms. The molecule has 1 saturated heterocycles. The molecule has 0 radical (unpaired) electrons. The molecular weight excluding hydrogens is 216 g/mol. The fourth-order valence-corrected chi connectivity index (χ4v) is 2.26. The number of nitrogens with zero attached hydrogens (tertiary/aromatic N) is 1. The van der Waals surface area contributed by atoms with Crippen LogP contribution in [0, 0.1) is 5.92 Å². The lowest BCUT2D eigenvalue weighted by Crippen LogP contribution is -2.42. The Morgan fingerprint density at radius 1 is 1.47 bits per heavy atom. The van der Waals surface area contributed by atoms with Crippen LogP contribution >= 0.6 is 0 Å². The smallest absolute Gasteiger partial charge is 0.248 e. The van der Waals surface area contributed by atoms with Crippen molar-refractivity contribution in [1.82, 2.24) is 10.2 Å². The van der Waals surface area contributed by atoms with Crippen molar-refractivity contribution in [1.29, 1.82) is 0 Å². The van der Waals surface area contributed by atoms with Gasteiger partial charge in [0.1, 0.15) is 6.61 Å². The van der Waals surface area contributed by atoms with Crippen molar-refractivity contribution in [2.75, 3.05) is 39.4 Å². The number of amides is 1. The average molecular weight is 242 g/mol. The summed E-state index contributed by atoms with van der Waals surface area (Å²) in [6, 6.07) is 0. The van der Waals surface area contributed by atoms with Gasteiger partial charge in [0.2, 0.25) is 5.91 Å². The number of carbonyl (C=O) groups excluding carboxylic acids is 1. The lowest BCUT2D eigenvalue weighted by Gasteiger charge is -2.30. The second kappa shape index (κ2) is 8.48. The molecule has 0 aromatic rings. The second-order valence-corrected chi connectivity index (χ2v) is 4.69. The maximum Gasteiger partial charge on any atom is 0.248 e. The van der Waals surface area contributed by atoms with Crippen LogP contribution < -0.4 is 5.32 Å². The van der Waals surface area contributed by atoms with Crippen LogP contribution in [0.1, 0.15) is 33.1 Å². The number of hydrogen-bond acceptors (Lipinski definition) is 3. The van der Waals surface area contributed by atoms with E-state index in [1.807, 2.05) is 11.8 Å². The van der Waals surface area contributed by atoms with E-state index in [1.54, 1.807) is 0 Å². The van der Waals surface area contributed by atoms with Gasteiger partial charge >= 0.3 is 0 Å². The zero-order chi connectivity index (χ0) is 12.5. The number of piperidine rings is 1. The minimum absolute atomic E-state index is 0.138. The molecule has 0 saturated carbocycles. The summed E-state index contributed by atoms with van der Waals surface area (Å²) in [6.07, 6.45) is 3.47. The Hall–Kier alpha value is -0.610. The van der Waals surface area contributed by atoms with Gasteiger partial charge in [0.05, 0.1) is 0 Å². The van der Waals surface area contributed by atoms with Gasteiger partial charge < -0.3 is 15.0 Å². The van der Waals surface area contributed by atoms with Gasteiger partial charge in [-0.2, -0.15) is 0 Å². The third-order valence-electron chi connectivity index (χ3n) is 3.15. The van der Waals surface area contributed by atoms with Crippen LogP contribution in [0.3, 0.4) is 0 Å². The molecule has 4 nitrogen and oxygen atoms in total. The fourth-order valence-electron chi connectivity index (χ4n) is 2.26. The van der Waals surface area contributed by atoms with Gasteiger partial charge in [-0.15, -0.1) is 0 Å². The Morgan fingerprint density at radius 3 is 2.88 bits per heavy atom. The molecule has 1 fully saturated rings. The molecule has 0 spiro atoms. The molecule has 0 aliphatic carbocycles.